The number of hydrogen-bond acceptors (Lipinski definition) is 4. The van der Waals surface area contributed by atoms with Crippen molar-refractivity contribution in [2.45, 2.75) is 52.4 Å². The molecule has 1 aromatic rings. The number of aromatic nitrogens is 3. The van der Waals surface area contributed by atoms with Crippen LogP contribution in [0.5, 0.6) is 0 Å². The number of quaternary nitrogens is 1. The van der Waals surface area contributed by atoms with Gasteiger partial charge in [0.05, 0.1) is 20.3 Å². The predicted octanol–water partition coefficient (Wildman–Crippen LogP) is -0.562. The lowest BCUT2D eigenvalue weighted by atomic mass is 9.93. The molecule has 1 saturated heterocycles. The number of likely N-dealkylation sites (N-methyl/N-ethyl adjacent to an activating group) is 1. The maximum atomic E-state index is 5.49. The highest BCUT2D eigenvalue weighted by atomic mass is 35.5. The van der Waals surface area contributed by atoms with Crippen molar-refractivity contribution < 1.29 is 17.1 Å². The van der Waals surface area contributed by atoms with Crippen LogP contribution in [0.4, 0.5) is 5.95 Å². The van der Waals surface area contributed by atoms with E-state index in [0.717, 1.165) is 48.4 Å². The average Bonchev–Trinajstić information content (AvgIpc) is 2.37. The molecule has 0 spiro atoms. The minimum atomic E-state index is -0.0802. The molecule has 1 fully saturated rings. The van der Waals surface area contributed by atoms with E-state index in [9.17, 15) is 0 Å². The average molecular weight is 329 g/mol. The number of nitrogens with zero attached hydrogens (tertiary/aromatic N) is 4. The Hall–Kier alpha value is -0.780. The fourth-order valence-corrected chi connectivity index (χ4v) is 2.22. The zero-order valence-electron chi connectivity index (χ0n) is 14.9. The van der Waals surface area contributed by atoms with Gasteiger partial charge >= 0.3 is 5.95 Å². The van der Waals surface area contributed by atoms with E-state index in [4.69, 9.17) is 19.7 Å². The van der Waals surface area contributed by atoms with E-state index < -0.39 is 0 Å². The van der Waals surface area contributed by atoms with E-state index in [1.165, 1.54) is 0 Å². The molecule has 0 aromatic carbocycles. The highest BCUT2D eigenvalue weighted by molar-refractivity contribution is 5.28. The Labute approximate surface area is 140 Å². The molecular weight excluding hydrogens is 300 g/mol. The lowest BCUT2D eigenvalue weighted by Gasteiger charge is -2.35. The number of hydrogen-bond donors (Lipinski definition) is 0. The van der Waals surface area contributed by atoms with Crippen LogP contribution in [-0.4, -0.2) is 48.3 Å². The van der Waals surface area contributed by atoms with Crippen LogP contribution in [0.3, 0.4) is 0 Å². The summed E-state index contributed by atoms with van der Waals surface area (Å²) in [5, 5.41) is 0. The van der Waals surface area contributed by atoms with Crippen molar-refractivity contribution in [1.29, 1.82) is 0 Å². The zero-order chi connectivity index (χ0) is 15.9. The van der Waals surface area contributed by atoms with Gasteiger partial charge in [-0.05, 0) is 0 Å². The van der Waals surface area contributed by atoms with Crippen LogP contribution >= 0.6 is 0 Å². The zero-order valence-corrected chi connectivity index (χ0v) is 15.7. The minimum Gasteiger partial charge on any atom is -1.00 e. The second kappa shape index (κ2) is 6.38. The SMILES string of the molecule is CC(C)(C)c1nc(C(C)(C)C)nc([N+]2(C)CCOCC2)n1.[Cl-]. The predicted molar refractivity (Wildman–Crippen MR) is 85.5 cm³/mol. The van der Waals surface area contributed by atoms with Crippen LogP contribution in [0.1, 0.15) is 53.2 Å². The molecule has 0 aliphatic carbocycles. The third-order valence-corrected chi connectivity index (χ3v) is 3.91. The van der Waals surface area contributed by atoms with E-state index in [1.54, 1.807) is 0 Å². The quantitative estimate of drug-likeness (QED) is 0.648. The van der Waals surface area contributed by atoms with Gasteiger partial charge in [-0.2, -0.15) is 9.97 Å². The van der Waals surface area contributed by atoms with Gasteiger partial charge in [0.25, 0.3) is 0 Å². The molecule has 0 radical (unpaired) electrons. The highest BCUT2D eigenvalue weighted by Gasteiger charge is 2.35. The maximum Gasteiger partial charge on any atom is 0.332 e. The van der Waals surface area contributed by atoms with Gasteiger partial charge < -0.3 is 17.1 Å². The summed E-state index contributed by atoms with van der Waals surface area (Å²) in [6, 6.07) is 0. The van der Waals surface area contributed by atoms with Crippen molar-refractivity contribution in [2.75, 3.05) is 33.4 Å². The lowest BCUT2D eigenvalue weighted by molar-refractivity contribution is -0.00000754. The van der Waals surface area contributed by atoms with E-state index >= 15 is 0 Å². The van der Waals surface area contributed by atoms with Crippen LogP contribution in [0.15, 0.2) is 0 Å². The normalized spacial score (nSPS) is 18.7. The molecule has 126 valence electrons. The molecule has 2 heterocycles. The third kappa shape index (κ3) is 4.15. The molecule has 0 saturated carbocycles. The first kappa shape index (κ1) is 19.3. The minimum absolute atomic E-state index is 0. The molecule has 0 bridgehead atoms. The number of rotatable bonds is 1. The van der Waals surface area contributed by atoms with Gasteiger partial charge in [0.2, 0.25) is 0 Å². The van der Waals surface area contributed by atoms with Crippen LogP contribution in [-0.2, 0) is 15.6 Å². The van der Waals surface area contributed by atoms with E-state index in [0.29, 0.717) is 0 Å². The third-order valence-electron chi connectivity index (χ3n) is 3.91. The maximum absolute atomic E-state index is 5.49. The summed E-state index contributed by atoms with van der Waals surface area (Å²) in [5.41, 5.74) is -0.160. The largest absolute Gasteiger partial charge is 1.00 e. The number of halogens is 1. The molecule has 0 amide bonds. The molecule has 1 aliphatic heterocycles. The molecule has 6 heteroatoms. The Kier molecular flexibility index (Phi) is 5.59. The Balaban J connectivity index is 0.00000242. The molecule has 5 nitrogen and oxygen atoms in total. The first-order valence-electron chi connectivity index (χ1n) is 7.72. The summed E-state index contributed by atoms with van der Waals surface area (Å²) < 4.78 is 6.23. The first-order valence-corrected chi connectivity index (χ1v) is 7.72. The molecular formula is C16H29ClN4O. The summed E-state index contributed by atoms with van der Waals surface area (Å²) in [4.78, 5) is 14.4. The molecule has 2 rings (SSSR count). The smallest absolute Gasteiger partial charge is 0.332 e. The van der Waals surface area contributed by atoms with Crippen LogP contribution in [0.2, 0.25) is 0 Å². The van der Waals surface area contributed by atoms with E-state index in [2.05, 4.69) is 48.6 Å². The second-order valence-corrected chi connectivity index (χ2v) is 8.24. The molecule has 0 N–H and O–H groups in total. The molecule has 0 atom stereocenters. The van der Waals surface area contributed by atoms with E-state index in [1.807, 2.05) is 0 Å². The van der Waals surface area contributed by atoms with Crippen molar-refractivity contribution in [3.8, 4) is 0 Å². The summed E-state index contributed by atoms with van der Waals surface area (Å²) in [7, 11) is 2.19. The van der Waals surface area contributed by atoms with E-state index in [-0.39, 0.29) is 23.2 Å². The molecule has 1 aromatic heterocycles. The van der Waals surface area contributed by atoms with Gasteiger partial charge in [0.15, 0.2) is 0 Å². The van der Waals surface area contributed by atoms with Gasteiger partial charge in [0.1, 0.15) is 24.7 Å². The summed E-state index contributed by atoms with van der Waals surface area (Å²) in [6.07, 6.45) is 0. The van der Waals surface area contributed by atoms with Crippen LogP contribution < -0.4 is 16.9 Å². The summed E-state index contributed by atoms with van der Waals surface area (Å²) in [6.45, 7) is 16.3. The monoisotopic (exact) mass is 328 g/mol. The van der Waals surface area contributed by atoms with Crippen molar-refractivity contribution in [1.82, 2.24) is 19.4 Å². The molecule has 22 heavy (non-hydrogen) atoms. The first-order chi connectivity index (χ1) is 9.52. The molecule has 1 aliphatic rings. The summed E-state index contributed by atoms with van der Waals surface area (Å²) >= 11 is 0. The topological polar surface area (TPSA) is 47.9 Å². The Morgan fingerprint density at radius 1 is 0.818 bits per heavy atom. The van der Waals surface area contributed by atoms with Crippen molar-refractivity contribution >= 4 is 5.95 Å². The van der Waals surface area contributed by atoms with Gasteiger partial charge in [-0.15, -0.1) is 0 Å². The Morgan fingerprint density at radius 2 is 1.23 bits per heavy atom. The Bertz CT molecular complexity index is 482. The standard InChI is InChI=1S/C16H29N4O.ClH/c1-15(2,3)12-17-13(16(4,5)6)19-14(18-12)20(7)8-10-21-11-9-20;/h8-11H2,1-7H3;1H/q+1;/p-1. The number of ether oxygens (including phenoxy) is 1. The lowest BCUT2D eigenvalue weighted by Crippen LogP contribution is -3.00. The molecule has 0 unspecified atom stereocenters. The fourth-order valence-electron chi connectivity index (χ4n) is 2.22. The van der Waals surface area contributed by atoms with Gasteiger partial charge in [-0.3, -0.25) is 4.48 Å². The van der Waals surface area contributed by atoms with Crippen LogP contribution in [0.25, 0.3) is 0 Å². The summed E-state index contributed by atoms with van der Waals surface area (Å²) in [5.74, 6) is 2.63. The van der Waals surface area contributed by atoms with Gasteiger partial charge in [-0.25, -0.2) is 4.98 Å². The van der Waals surface area contributed by atoms with Crippen molar-refractivity contribution in [3.63, 3.8) is 0 Å². The second-order valence-electron chi connectivity index (χ2n) is 8.24. The van der Waals surface area contributed by atoms with Gasteiger partial charge in [-0.1, -0.05) is 41.5 Å². The number of morpholine rings is 1. The highest BCUT2D eigenvalue weighted by Crippen LogP contribution is 2.27. The van der Waals surface area contributed by atoms with Gasteiger partial charge in [0, 0.05) is 10.8 Å². The van der Waals surface area contributed by atoms with Crippen LogP contribution in [0, 0.1) is 0 Å². The Morgan fingerprint density at radius 3 is 1.59 bits per heavy atom. The van der Waals surface area contributed by atoms with Crippen molar-refractivity contribution in [3.05, 3.63) is 11.6 Å². The fraction of sp³-hybridized carbons (Fsp3) is 0.812. The van der Waals surface area contributed by atoms with Crippen molar-refractivity contribution in [2.24, 2.45) is 0 Å².